The molecule has 2 aromatic rings. The fraction of sp³-hybridized carbons (Fsp3) is 0.412. The van der Waals surface area contributed by atoms with E-state index in [-0.39, 0.29) is 35.8 Å². The smallest absolute Gasteiger partial charge is 0.191 e. The van der Waals surface area contributed by atoms with Crippen molar-refractivity contribution in [2.45, 2.75) is 33.2 Å². The van der Waals surface area contributed by atoms with E-state index < -0.39 is 0 Å². The molecule has 0 radical (unpaired) electrons. The zero-order valence-electron chi connectivity index (χ0n) is 14.4. The van der Waals surface area contributed by atoms with Crippen LogP contribution in [-0.2, 0) is 6.42 Å². The van der Waals surface area contributed by atoms with Crippen LogP contribution in [0.5, 0.6) is 0 Å². The molecule has 2 rings (SSSR count). The Morgan fingerprint density at radius 2 is 2.12 bits per heavy atom. The van der Waals surface area contributed by atoms with Crippen LogP contribution in [0.15, 0.2) is 29.4 Å². The van der Waals surface area contributed by atoms with Crippen LogP contribution in [0.1, 0.15) is 34.0 Å². The van der Waals surface area contributed by atoms with Crippen LogP contribution >= 0.6 is 35.3 Å². The highest BCUT2D eigenvalue weighted by Gasteiger charge is 2.10. The molecule has 132 valence electrons. The Balaban J connectivity index is 0.00000288. The first-order valence-electron chi connectivity index (χ1n) is 7.64. The van der Waals surface area contributed by atoms with E-state index in [1.165, 1.54) is 4.88 Å². The van der Waals surface area contributed by atoms with Crippen molar-refractivity contribution in [3.63, 3.8) is 0 Å². The van der Waals surface area contributed by atoms with Gasteiger partial charge in [-0.25, -0.2) is 9.37 Å². The van der Waals surface area contributed by atoms with Crippen molar-refractivity contribution in [2.24, 2.45) is 4.99 Å². The second-order valence-corrected chi connectivity index (χ2v) is 6.81. The summed E-state index contributed by atoms with van der Waals surface area (Å²) in [5.41, 5.74) is 1.55. The van der Waals surface area contributed by atoms with Gasteiger partial charge in [0.25, 0.3) is 0 Å². The molecule has 0 aliphatic heterocycles. The van der Waals surface area contributed by atoms with Gasteiger partial charge in [-0.05, 0) is 38.0 Å². The average molecular weight is 462 g/mol. The van der Waals surface area contributed by atoms with E-state index in [9.17, 15) is 4.39 Å². The van der Waals surface area contributed by atoms with Crippen molar-refractivity contribution in [1.29, 1.82) is 0 Å². The summed E-state index contributed by atoms with van der Waals surface area (Å²) in [4.78, 5) is 9.77. The number of hydrogen-bond acceptors (Lipinski definition) is 3. The summed E-state index contributed by atoms with van der Waals surface area (Å²) in [5, 5.41) is 7.65. The summed E-state index contributed by atoms with van der Waals surface area (Å²) in [6.07, 6.45) is 2.74. The molecule has 1 aromatic carbocycles. The molecule has 0 aliphatic rings. The predicted molar refractivity (Wildman–Crippen MR) is 110 cm³/mol. The van der Waals surface area contributed by atoms with Gasteiger partial charge in [0, 0.05) is 31.1 Å². The third-order valence-electron chi connectivity index (χ3n) is 3.57. The van der Waals surface area contributed by atoms with Crippen molar-refractivity contribution in [3.05, 3.63) is 51.2 Å². The molecule has 1 heterocycles. The van der Waals surface area contributed by atoms with E-state index in [0.29, 0.717) is 11.5 Å². The molecule has 0 saturated carbocycles. The van der Waals surface area contributed by atoms with E-state index in [1.54, 1.807) is 37.4 Å². The van der Waals surface area contributed by atoms with Gasteiger partial charge >= 0.3 is 0 Å². The van der Waals surface area contributed by atoms with Gasteiger partial charge in [-0.15, -0.1) is 35.3 Å². The molecule has 0 fully saturated rings. The number of thiazole rings is 1. The van der Waals surface area contributed by atoms with Gasteiger partial charge in [-0.1, -0.05) is 12.1 Å². The van der Waals surface area contributed by atoms with Gasteiger partial charge in [0.2, 0.25) is 0 Å². The quantitative estimate of drug-likeness (QED) is 0.402. The summed E-state index contributed by atoms with van der Waals surface area (Å²) in [5.74, 6) is 0.519. The number of benzene rings is 1. The van der Waals surface area contributed by atoms with Gasteiger partial charge in [-0.3, -0.25) is 4.99 Å². The van der Waals surface area contributed by atoms with Crippen molar-refractivity contribution >= 4 is 41.3 Å². The van der Waals surface area contributed by atoms with Crippen LogP contribution in [0.4, 0.5) is 4.39 Å². The molecular weight excluding hydrogens is 438 g/mol. The SMILES string of the molecule is CN=C(NCCc1ncc(C)s1)NC(C)c1ccc(C)c(F)c1.I. The predicted octanol–water partition coefficient (Wildman–Crippen LogP) is 3.99. The van der Waals surface area contributed by atoms with Gasteiger partial charge in [0.05, 0.1) is 11.0 Å². The molecule has 2 N–H and O–H groups in total. The topological polar surface area (TPSA) is 49.3 Å². The molecule has 1 aromatic heterocycles. The molecule has 7 heteroatoms. The van der Waals surface area contributed by atoms with Crippen molar-refractivity contribution in [2.75, 3.05) is 13.6 Å². The zero-order valence-corrected chi connectivity index (χ0v) is 17.5. The summed E-state index contributed by atoms with van der Waals surface area (Å²) in [6.45, 7) is 6.55. The molecule has 0 spiro atoms. The van der Waals surface area contributed by atoms with Crippen LogP contribution in [0.25, 0.3) is 0 Å². The van der Waals surface area contributed by atoms with Crippen LogP contribution < -0.4 is 10.6 Å². The van der Waals surface area contributed by atoms with E-state index in [4.69, 9.17) is 0 Å². The number of hydrogen-bond donors (Lipinski definition) is 2. The first kappa shape index (κ1) is 20.8. The minimum Gasteiger partial charge on any atom is -0.356 e. The Labute approximate surface area is 164 Å². The van der Waals surface area contributed by atoms with E-state index in [1.807, 2.05) is 19.2 Å². The molecule has 4 nitrogen and oxygen atoms in total. The number of aromatic nitrogens is 1. The molecule has 0 aliphatic carbocycles. The first-order chi connectivity index (χ1) is 11.0. The number of aryl methyl sites for hydroxylation is 2. The number of guanidine groups is 1. The molecule has 1 unspecified atom stereocenters. The van der Waals surface area contributed by atoms with E-state index in [2.05, 4.69) is 27.5 Å². The van der Waals surface area contributed by atoms with Crippen LogP contribution in [0, 0.1) is 19.7 Å². The highest BCUT2D eigenvalue weighted by atomic mass is 127. The fourth-order valence-electron chi connectivity index (χ4n) is 2.17. The lowest BCUT2D eigenvalue weighted by molar-refractivity contribution is 0.607. The lowest BCUT2D eigenvalue weighted by Gasteiger charge is -2.18. The van der Waals surface area contributed by atoms with Gasteiger partial charge in [0.1, 0.15) is 5.82 Å². The Bertz CT molecular complexity index is 687. The summed E-state index contributed by atoms with van der Waals surface area (Å²) < 4.78 is 13.7. The standard InChI is InChI=1S/C17H23FN4S.HI/c1-11-5-6-14(9-15(11)18)13(3)22-17(19-4)20-8-7-16-21-10-12(2)23-16;/h5-6,9-10,13H,7-8H2,1-4H3,(H2,19,20,22);1H. The molecule has 0 saturated heterocycles. The molecule has 0 bridgehead atoms. The number of nitrogens with one attached hydrogen (secondary N) is 2. The van der Waals surface area contributed by atoms with Crippen LogP contribution in [0.2, 0.25) is 0 Å². The third-order valence-corrected chi connectivity index (χ3v) is 4.55. The normalized spacial score (nSPS) is 12.5. The lowest BCUT2D eigenvalue weighted by atomic mass is 10.1. The van der Waals surface area contributed by atoms with Crippen molar-refractivity contribution < 1.29 is 4.39 Å². The highest BCUT2D eigenvalue weighted by molar-refractivity contribution is 14.0. The number of aliphatic imine (C=N–C) groups is 1. The minimum absolute atomic E-state index is 0. The fourth-order valence-corrected chi connectivity index (χ4v) is 2.95. The second-order valence-electron chi connectivity index (χ2n) is 5.49. The monoisotopic (exact) mass is 462 g/mol. The summed E-state index contributed by atoms with van der Waals surface area (Å²) >= 11 is 1.71. The lowest BCUT2D eigenvalue weighted by Crippen LogP contribution is -2.39. The number of nitrogens with zero attached hydrogens (tertiary/aromatic N) is 2. The van der Waals surface area contributed by atoms with E-state index >= 15 is 0 Å². The molecule has 0 amide bonds. The third kappa shape index (κ3) is 6.01. The van der Waals surface area contributed by atoms with E-state index in [0.717, 1.165) is 23.5 Å². The summed E-state index contributed by atoms with van der Waals surface area (Å²) in [6, 6.07) is 5.27. The van der Waals surface area contributed by atoms with Crippen LogP contribution in [-0.4, -0.2) is 24.5 Å². The summed E-state index contributed by atoms with van der Waals surface area (Å²) in [7, 11) is 1.73. The van der Waals surface area contributed by atoms with Gasteiger partial charge in [-0.2, -0.15) is 0 Å². The number of halogens is 2. The Morgan fingerprint density at radius 1 is 1.38 bits per heavy atom. The highest BCUT2D eigenvalue weighted by Crippen LogP contribution is 2.16. The first-order valence-corrected chi connectivity index (χ1v) is 8.45. The average Bonchev–Trinajstić information content (AvgIpc) is 2.94. The van der Waals surface area contributed by atoms with Gasteiger partial charge < -0.3 is 10.6 Å². The minimum atomic E-state index is -0.182. The van der Waals surface area contributed by atoms with Crippen LogP contribution in [0.3, 0.4) is 0 Å². The second kappa shape index (κ2) is 9.93. The molecule has 24 heavy (non-hydrogen) atoms. The van der Waals surface area contributed by atoms with Crippen molar-refractivity contribution in [3.8, 4) is 0 Å². The maximum absolute atomic E-state index is 13.7. The van der Waals surface area contributed by atoms with Crippen molar-refractivity contribution in [1.82, 2.24) is 15.6 Å². The maximum atomic E-state index is 13.7. The Kier molecular flexibility index (Phi) is 8.61. The van der Waals surface area contributed by atoms with Gasteiger partial charge in [0.15, 0.2) is 5.96 Å². The number of rotatable bonds is 5. The largest absolute Gasteiger partial charge is 0.356 e. The molecular formula is C17H24FIN4S. The zero-order chi connectivity index (χ0) is 16.8. The molecule has 1 atom stereocenters. The Morgan fingerprint density at radius 3 is 2.71 bits per heavy atom. The maximum Gasteiger partial charge on any atom is 0.191 e. The Hall–Kier alpha value is -1.22.